The Labute approximate surface area is 129 Å². The highest BCUT2D eigenvalue weighted by atomic mass is 32.2. The number of aliphatic hydroxyl groups excluding tert-OH is 1. The maximum absolute atomic E-state index is 13.2. The molecule has 0 saturated heterocycles. The molecular formula is C16H18FNO3S. The van der Waals surface area contributed by atoms with E-state index < -0.39 is 21.9 Å². The molecule has 0 aliphatic rings. The second-order valence-electron chi connectivity index (χ2n) is 5.10. The zero-order valence-corrected chi connectivity index (χ0v) is 13.0. The molecule has 118 valence electrons. The zero-order valence-electron chi connectivity index (χ0n) is 12.2. The van der Waals surface area contributed by atoms with Crippen molar-refractivity contribution in [2.24, 2.45) is 0 Å². The van der Waals surface area contributed by atoms with Crippen LogP contribution in [0, 0.1) is 12.7 Å². The summed E-state index contributed by atoms with van der Waals surface area (Å²) in [5.74, 6) is -0.457. The van der Waals surface area contributed by atoms with Crippen molar-refractivity contribution in [2.75, 3.05) is 6.61 Å². The Kier molecular flexibility index (Phi) is 5.28. The van der Waals surface area contributed by atoms with Crippen molar-refractivity contribution in [2.45, 2.75) is 24.3 Å². The molecule has 2 N–H and O–H groups in total. The van der Waals surface area contributed by atoms with Crippen molar-refractivity contribution in [1.82, 2.24) is 4.72 Å². The number of aryl methyl sites for hydroxylation is 1. The Morgan fingerprint density at radius 3 is 2.45 bits per heavy atom. The van der Waals surface area contributed by atoms with Crippen LogP contribution in [0.15, 0.2) is 53.4 Å². The van der Waals surface area contributed by atoms with Crippen molar-refractivity contribution in [3.8, 4) is 0 Å². The monoisotopic (exact) mass is 323 g/mol. The van der Waals surface area contributed by atoms with E-state index in [-0.39, 0.29) is 17.1 Å². The van der Waals surface area contributed by atoms with E-state index in [0.717, 1.165) is 11.6 Å². The molecule has 0 fully saturated rings. The third-order valence-corrected chi connectivity index (χ3v) is 4.83. The van der Waals surface area contributed by atoms with Crippen LogP contribution in [0.4, 0.5) is 4.39 Å². The first kappa shape index (κ1) is 16.6. The summed E-state index contributed by atoms with van der Waals surface area (Å²) >= 11 is 0. The van der Waals surface area contributed by atoms with E-state index in [4.69, 9.17) is 0 Å². The van der Waals surface area contributed by atoms with Gasteiger partial charge in [0.25, 0.3) is 0 Å². The summed E-state index contributed by atoms with van der Waals surface area (Å²) in [4.78, 5) is -0.0158. The van der Waals surface area contributed by atoms with Gasteiger partial charge in [-0.1, -0.05) is 30.3 Å². The number of rotatable bonds is 6. The van der Waals surface area contributed by atoms with Gasteiger partial charge in [-0.2, -0.15) is 0 Å². The van der Waals surface area contributed by atoms with Gasteiger partial charge in [-0.25, -0.2) is 17.5 Å². The third-order valence-electron chi connectivity index (χ3n) is 3.31. The molecule has 0 bridgehead atoms. The lowest BCUT2D eigenvalue weighted by Crippen LogP contribution is -2.39. The first-order valence-electron chi connectivity index (χ1n) is 6.85. The molecule has 22 heavy (non-hydrogen) atoms. The molecule has 2 aromatic carbocycles. The van der Waals surface area contributed by atoms with E-state index in [0.29, 0.717) is 6.42 Å². The van der Waals surface area contributed by atoms with Crippen LogP contribution >= 0.6 is 0 Å². The van der Waals surface area contributed by atoms with Gasteiger partial charge in [0, 0.05) is 6.04 Å². The predicted molar refractivity (Wildman–Crippen MR) is 82.5 cm³/mol. The number of nitrogens with one attached hydrogen (secondary N) is 1. The van der Waals surface area contributed by atoms with Crippen molar-refractivity contribution in [1.29, 1.82) is 0 Å². The van der Waals surface area contributed by atoms with Crippen LogP contribution in [-0.2, 0) is 16.4 Å². The topological polar surface area (TPSA) is 66.4 Å². The van der Waals surface area contributed by atoms with Gasteiger partial charge in [0.15, 0.2) is 0 Å². The van der Waals surface area contributed by atoms with Crippen LogP contribution < -0.4 is 4.72 Å². The molecule has 0 aliphatic heterocycles. The predicted octanol–water partition coefficient (Wildman–Crippen LogP) is 2.02. The molecule has 2 aromatic rings. The number of hydrogen-bond acceptors (Lipinski definition) is 3. The fraction of sp³-hybridized carbons (Fsp3) is 0.250. The maximum atomic E-state index is 13.2. The lowest BCUT2D eigenvalue weighted by atomic mass is 10.1. The lowest BCUT2D eigenvalue weighted by molar-refractivity contribution is 0.256. The van der Waals surface area contributed by atoms with Gasteiger partial charge in [-0.05, 0) is 42.7 Å². The molecule has 4 nitrogen and oxygen atoms in total. The van der Waals surface area contributed by atoms with Crippen LogP contribution in [0.5, 0.6) is 0 Å². The Balaban J connectivity index is 2.16. The van der Waals surface area contributed by atoms with E-state index in [1.54, 1.807) is 0 Å². The van der Waals surface area contributed by atoms with Crippen LogP contribution in [0.25, 0.3) is 0 Å². The molecule has 0 saturated carbocycles. The summed E-state index contributed by atoms with van der Waals surface area (Å²) in [6, 6.07) is 12.2. The van der Waals surface area contributed by atoms with Crippen molar-refractivity contribution >= 4 is 10.0 Å². The lowest BCUT2D eigenvalue weighted by Gasteiger charge is -2.17. The summed E-state index contributed by atoms with van der Waals surface area (Å²) in [6.45, 7) is 1.18. The number of hydrogen-bond donors (Lipinski definition) is 2. The number of benzene rings is 2. The molecule has 1 unspecified atom stereocenters. The highest BCUT2D eigenvalue weighted by molar-refractivity contribution is 7.89. The highest BCUT2D eigenvalue weighted by Gasteiger charge is 2.20. The molecule has 0 heterocycles. The van der Waals surface area contributed by atoms with Crippen LogP contribution in [-0.4, -0.2) is 26.2 Å². The minimum atomic E-state index is -3.81. The van der Waals surface area contributed by atoms with Gasteiger partial charge >= 0.3 is 0 Å². The molecule has 0 radical (unpaired) electrons. The average molecular weight is 323 g/mol. The minimum Gasteiger partial charge on any atom is -0.395 e. The largest absolute Gasteiger partial charge is 0.395 e. The van der Waals surface area contributed by atoms with E-state index >= 15 is 0 Å². The van der Waals surface area contributed by atoms with E-state index in [1.807, 2.05) is 30.3 Å². The molecule has 2 rings (SSSR count). The van der Waals surface area contributed by atoms with Crippen LogP contribution in [0.3, 0.4) is 0 Å². The molecule has 1 atom stereocenters. The van der Waals surface area contributed by atoms with Gasteiger partial charge in [-0.15, -0.1) is 0 Å². The molecule has 6 heteroatoms. The number of halogens is 1. The summed E-state index contributed by atoms with van der Waals surface area (Å²) in [7, 11) is -3.81. The Morgan fingerprint density at radius 1 is 1.18 bits per heavy atom. The smallest absolute Gasteiger partial charge is 0.240 e. The Hall–Kier alpha value is -1.76. The Morgan fingerprint density at radius 2 is 1.86 bits per heavy atom. The van der Waals surface area contributed by atoms with Crippen molar-refractivity contribution < 1.29 is 17.9 Å². The summed E-state index contributed by atoms with van der Waals surface area (Å²) in [5, 5.41) is 9.41. The van der Waals surface area contributed by atoms with Gasteiger partial charge in [-0.3, -0.25) is 0 Å². The molecular weight excluding hydrogens is 305 g/mol. The van der Waals surface area contributed by atoms with Crippen LogP contribution in [0.1, 0.15) is 11.1 Å². The highest BCUT2D eigenvalue weighted by Crippen LogP contribution is 2.15. The second-order valence-corrected chi connectivity index (χ2v) is 6.82. The number of sulfonamides is 1. The molecule has 0 amide bonds. The van der Waals surface area contributed by atoms with Gasteiger partial charge in [0.2, 0.25) is 10.0 Å². The van der Waals surface area contributed by atoms with Gasteiger partial charge in [0.05, 0.1) is 11.5 Å². The first-order chi connectivity index (χ1) is 10.4. The quantitative estimate of drug-likeness (QED) is 0.855. The Bertz CT molecular complexity index is 732. The summed E-state index contributed by atoms with van der Waals surface area (Å²) in [6.07, 6.45) is 0.372. The summed E-state index contributed by atoms with van der Waals surface area (Å²) in [5.41, 5.74) is 1.17. The molecule has 0 aliphatic carbocycles. The SMILES string of the molecule is Cc1cc(S(=O)(=O)NC(CO)Cc2ccccc2)ccc1F. The second kappa shape index (κ2) is 7.00. The number of aliphatic hydroxyl groups is 1. The van der Waals surface area contributed by atoms with E-state index in [9.17, 15) is 17.9 Å². The molecule has 0 spiro atoms. The standard InChI is InChI=1S/C16H18FNO3S/c1-12-9-15(7-8-16(12)17)22(20,21)18-14(11-19)10-13-5-3-2-4-6-13/h2-9,14,18-19H,10-11H2,1H3. The third kappa shape index (κ3) is 4.13. The maximum Gasteiger partial charge on any atom is 0.240 e. The van der Waals surface area contributed by atoms with Crippen molar-refractivity contribution in [3.05, 3.63) is 65.5 Å². The average Bonchev–Trinajstić information content (AvgIpc) is 2.50. The minimum absolute atomic E-state index is 0.0158. The van der Waals surface area contributed by atoms with E-state index in [2.05, 4.69) is 4.72 Å². The fourth-order valence-electron chi connectivity index (χ4n) is 2.11. The molecule has 0 aromatic heterocycles. The zero-order chi connectivity index (χ0) is 16.2. The van der Waals surface area contributed by atoms with Crippen LogP contribution in [0.2, 0.25) is 0 Å². The van der Waals surface area contributed by atoms with Crippen molar-refractivity contribution in [3.63, 3.8) is 0 Å². The summed E-state index contributed by atoms with van der Waals surface area (Å²) < 4.78 is 40.3. The van der Waals surface area contributed by atoms with Gasteiger partial charge in [0.1, 0.15) is 5.82 Å². The normalized spacial score (nSPS) is 13.0. The van der Waals surface area contributed by atoms with Gasteiger partial charge < -0.3 is 5.11 Å². The van der Waals surface area contributed by atoms with E-state index in [1.165, 1.54) is 19.1 Å². The first-order valence-corrected chi connectivity index (χ1v) is 8.34. The fourth-order valence-corrected chi connectivity index (χ4v) is 3.43.